The molecule has 0 amide bonds. The number of nitro benzene ring substituents is 1. The summed E-state index contributed by atoms with van der Waals surface area (Å²) >= 11 is 0. The molecule has 7 nitrogen and oxygen atoms in total. The van der Waals surface area contributed by atoms with Crippen LogP contribution in [0.1, 0.15) is 5.56 Å². The van der Waals surface area contributed by atoms with Crippen molar-refractivity contribution >= 4 is 17.2 Å². The highest BCUT2D eigenvalue weighted by molar-refractivity contribution is 5.97. The van der Waals surface area contributed by atoms with Crippen LogP contribution in [0.2, 0.25) is 0 Å². The number of rotatable bonds is 3. The SMILES string of the molecule is O=[N+]([O-])c1ccccc1C1=NN=N[NH+]1c1ccccc1.[Cl-].[I-]. The summed E-state index contributed by atoms with van der Waals surface area (Å²) in [7, 11) is 0. The fourth-order valence-electron chi connectivity index (χ4n) is 2.01. The predicted molar refractivity (Wildman–Crippen MR) is 71.6 cm³/mol. The normalized spacial score (nSPS) is 15.5. The van der Waals surface area contributed by atoms with Gasteiger partial charge in [-0.05, 0) is 6.07 Å². The number of nitrogens with zero attached hydrogens (tertiary/aromatic N) is 4. The van der Waals surface area contributed by atoms with Crippen molar-refractivity contribution in [2.45, 2.75) is 0 Å². The maximum absolute atomic E-state index is 11.1. The highest BCUT2D eigenvalue weighted by Crippen LogP contribution is 2.18. The topological polar surface area (TPSA) is 84.7 Å². The van der Waals surface area contributed by atoms with E-state index in [4.69, 9.17) is 0 Å². The summed E-state index contributed by atoms with van der Waals surface area (Å²) in [5.74, 6) is 0.420. The lowest BCUT2D eigenvalue weighted by Gasteiger charge is -2.07. The second-order valence-corrected chi connectivity index (χ2v) is 4.13. The van der Waals surface area contributed by atoms with Gasteiger partial charge < -0.3 is 36.4 Å². The standard InChI is InChI=1S/C13H9N5O2.ClH.HI/c19-18(20)12-9-5-4-8-11(12)13-14-15-16-17(13)10-6-2-1-3-7-10;;/h1-9H;2*1H/p-1. The fourth-order valence-corrected chi connectivity index (χ4v) is 2.01. The summed E-state index contributed by atoms with van der Waals surface area (Å²) in [6.45, 7) is 0. The van der Waals surface area contributed by atoms with Crippen LogP contribution in [-0.4, -0.2) is 10.8 Å². The van der Waals surface area contributed by atoms with E-state index < -0.39 is 4.92 Å². The van der Waals surface area contributed by atoms with Crippen molar-refractivity contribution in [1.82, 2.24) is 0 Å². The Labute approximate surface area is 149 Å². The van der Waals surface area contributed by atoms with E-state index in [-0.39, 0.29) is 42.1 Å². The third kappa shape index (κ3) is 3.46. The van der Waals surface area contributed by atoms with E-state index >= 15 is 0 Å². The number of quaternary nitrogens is 1. The van der Waals surface area contributed by atoms with E-state index in [1.165, 1.54) is 6.07 Å². The lowest BCUT2D eigenvalue weighted by molar-refractivity contribution is -0.739. The van der Waals surface area contributed by atoms with Gasteiger partial charge in [0.2, 0.25) is 0 Å². The van der Waals surface area contributed by atoms with Crippen molar-refractivity contribution in [1.29, 1.82) is 0 Å². The summed E-state index contributed by atoms with van der Waals surface area (Å²) in [6.07, 6.45) is 0. The molecule has 1 aliphatic heterocycles. The molecule has 3 rings (SSSR count). The summed E-state index contributed by atoms with van der Waals surface area (Å²) in [5, 5.41) is 23.2. The van der Waals surface area contributed by atoms with E-state index in [0.29, 0.717) is 16.4 Å². The van der Waals surface area contributed by atoms with Crippen molar-refractivity contribution < 1.29 is 46.3 Å². The van der Waals surface area contributed by atoms with E-state index in [2.05, 4.69) is 15.5 Å². The Balaban J connectivity index is 0.00000121. The Morgan fingerprint density at radius 3 is 2.32 bits per heavy atom. The quantitative estimate of drug-likeness (QED) is 0.305. The molecule has 2 aromatic carbocycles. The molecule has 0 bridgehead atoms. The number of benzene rings is 2. The number of para-hydroxylation sites is 2. The molecule has 1 heterocycles. The molecule has 1 atom stereocenters. The van der Waals surface area contributed by atoms with Gasteiger partial charge in [-0.2, -0.15) is 0 Å². The highest BCUT2D eigenvalue weighted by atomic mass is 127. The Morgan fingerprint density at radius 1 is 1.00 bits per heavy atom. The van der Waals surface area contributed by atoms with Gasteiger partial charge in [-0.3, -0.25) is 10.1 Å². The molecule has 1 unspecified atom stereocenters. The highest BCUT2D eigenvalue weighted by Gasteiger charge is 2.32. The maximum Gasteiger partial charge on any atom is 0.294 e. The summed E-state index contributed by atoms with van der Waals surface area (Å²) in [4.78, 5) is 10.7. The largest absolute Gasteiger partial charge is 1.00 e. The molecular weight excluding hydrogens is 421 g/mol. The van der Waals surface area contributed by atoms with Crippen LogP contribution in [0.25, 0.3) is 0 Å². The maximum atomic E-state index is 11.1. The second-order valence-electron chi connectivity index (χ2n) is 4.13. The second kappa shape index (κ2) is 7.92. The molecule has 0 radical (unpaired) electrons. The first-order chi connectivity index (χ1) is 9.77. The van der Waals surface area contributed by atoms with Gasteiger partial charge in [0.1, 0.15) is 5.56 Å². The summed E-state index contributed by atoms with van der Waals surface area (Å²) in [6, 6.07) is 15.8. The van der Waals surface area contributed by atoms with Gasteiger partial charge in [-0.25, -0.2) is 0 Å². The Bertz CT molecular complexity index is 723. The number of nitro groups is 1. The minimum atomic E-state index is -0.432. The molecule has 9 heteroatoms. The monoisotopic (exact) mass is 430 g/mol. The minimum absolute atomic E-state index is 0. The molecule has 0 aliphatic carbocycles. The third-order valence-electron chi connectivity index (χ3n) is 2.92. The first kappa shape index (κ1) is 18.1. The molecule has 1 aliphatic rings. The van der Waals surface area contributed by atoms with Crippen LogP contribution >= 0.6 is 0 Å². The average Bonchev–Trinajstić information content (AvgIpc) is 2.97. The van der Waals surface area contributed by atoms with Gasteiger partial charge in [0, 0.05) is 23.4 Å². The minimum Gasteiger partial charge on any atom is -1.00 e. The van der Waals surface area contributed by atoms with Crippen LogP contribution in [0, 0.1) is 10.1 Å². The van der Waals surface area contributed by atoms with E-state index in [9.17, 15) is 10.1 Å². The summed E-state index contributed by atoms with van der Waals surface area (Å²) < 4.78 is 0. The zero-order valence-corrected chi connectivity index (χ0v) is 14.0. The van der Waals surface area contributed by atoms with Crippen LogP contribution in [0.4, 0.5) is 11.4 Å². The third-order valence-corrected chi connectivity index (χ3v) is 2.92. The van der Waals surface area contributed by atoms with E-state index in [0.717, 1.165) is 5.69 Å². The van der Waals surface area contributed by atoms with Gasteiger partial charge in [0.05, 0.1) is 10.1 Å². The average molecular weight is 431 g/mol. The number of halogens is 2. The Morgan fingerprint density at radius 2 is 1.64 bits per heavy atom. The molecule has 22 heavy (non-hydrogen) atoms. The van der Waals surface area contributed by atoms with Gasteiger partial charge in [-0.15, -0.1) is 5.01 Å². The molecule has 0 aromatic heterocycles. The van der Waals surface area contributed by atoms with Crippen LogP contribution < -0.4 is 41.4 Å². The number of hydrogen-bond donors (Lipinski definition) is 1. The zero-order chi connectivity index (χ0) is 13.9. The van der Waals surface area contributed by atoms with Gasteiger partial charge >= 0.3 is 0 Å². The van der Waals surface area contributed by atoms with Crippen LogP contribution in [0.15, 0.2) is 70.1 Å². The van der Waals surface area contributed by atoms with E-state index in [1.54, 1.807) is 18.2 Å². The first-order valence-corrected chi connectivity index (χ1v) is 5.92. The smallest absolute Gasteiger partial charge is 0.294 e. The van der Waals surface area contributed by atoms with Gasteiger partial charge in [0.15, 0.2) is 5.69 Å². The molecule has 0 fully saturated rings. The molecule has 114 valence electrons. The molecular formula is C13H10ClIN5O2-. The number of amidine groups is 1. The molecule has 0 spiro atoms. The van der Waals surface area contributed by atoms with Crippen molar-refractivity contribution in [3.63, 3.8) is 0 Å². The number of hydrogen-bond acceptors (Lipinski definition) is 5. The van der Waals surface area contributed by atoms with Crippen LogP contribution in [-0.2, 0) is 0 Å². The van der Waals surface area contributed by atoms with Crippen LogP contribution in [0.5, 0.6) is 0 Å². The zero-order valence-electron chi connectivity index (χ0n) is 11.1. The Hall–Kier alpha value is -1.91. The Kier molecular flexibility index (Phi) is 6.53. The van der Waals surface area contributed by atoms with Crippen molar-refractivity contribution in [3.8, 4) is 0 Å². The predicted octanol–water partition coefficient (Wildman–Crippen LogP) is -4.14. The van der Waals surface area contributed by atoms with E-state index in [1.807, 2.05) is 30.3 Å². The molecule has 0 saturated carbocycles. The number of nitrogens with one attached hydrogen (secondary N) is 1. The van der Waals surface area contributed by atoms with Crippen molar-refractivity contribution in [2.24, 2.45) is 15.5 Å². The lowest BCUT2D eigenvalue weighted by atomic mass is 10.1. The van der Waals surface area contributed by atoms with Gasteiger partial charge in [-0.1, -0.05) is 35.4 Å². The van der Waals surface area contributed by atoms with Crippen LogP contribution in [0.3, 0.4) is 0 Å². The fraction of sp³-hybridized carbons (Fsp3) is 0. The molecule has 0 saturated heterocycles. The summed E-state index contributed by atoms with van der Waals surface area (Å²) in [5.41, 5.74) is 1.24. The van der Waals surface area contributed by atoms with Crippen molar-refractivity contribution in [3.05, 3.63) is 70.3 Å². The lowest BCUT2D eigenvalue weighted by Crippen LogP contribution is -3.04. The molecule has 2 aromatic rings. The van der Waals surface area contributed by atoms with Gasteiger partial charge in [0.25, 0.3) is 11.5 Å². The van der Waals surface area contributed by atoms with Crippen molar-refractivity contribution in [2.75, 3.05) is 0 Å². The first-order valence-electron chi connectivity index (χ1n) is 5.92. The molecule has 1 N–H and O–H groups in total.